The first-order chi connectivity index (χ1) is 9.86. The Kier molecular flexibility index (Phi) is 4.58. The Balaban J connectivity index is 2.66. The lowest BCUT2D eigenvalue weighted by Crippen LogP contribution is -2.11. The van der Waals surface area contributed by atoms with Crippen molar-refractivity contribution in [1.29, 1.82) is 0 Å². The van der Waals surface area contributed by atoms with Crippen molar-refractivity contribution in [3.8, 4) is 16.9 Å². The van der Waals surface area contributed by atoms with Gasteiger partial charge in [0.25, 0.3) is 0 Å². The van der Waals surface area contributed by atoms with E-state index in [1.165, 1.54) is 5.56 Å². The quantitative estimate of drug-likeness (QED) is 0.721. The molecule has 0 saturated carbocycles. The zero-order valence-corrected chi connectivity index (χ0v) is 14.1. The lowest BCUT2D eigenvalue weighted by molar-refractivity contribution is 0.416. The molecular weight excluding hydrogens is 282 g/mol. The topological polar surface area (TPSA) is 22.1 Å². The number of nitrogens with zero attached hydrogens (tertiary/aromatic N) is 1. The van der Waals surface area contributed by atoms with E-state index in [9.17, 15) is 0 Å². The van der Waals surface area contributed by atoms with E-state index in [-0.39, 0.29) is 5.41 Å². The molecule has 0 aliphatic rings. The highest BCUT2D eigenvalue weighted by molar-refractivity contribution is 6.29. The summed E-state index contributed by atoms with van der Waals surface area (Å²) in [6.45, 7) is 8.71. The van der Waals surface area contributed by atoms with E-state index in [0.717, 1.165) is 29.0 Å². The van der Waals surface area contributed by atoms with E-state index >= 15 is 0 Å². The van der Waals surface area contributed by atoms with E-state index in [1.807, 2.05) is 18.2 Å². The molecule has 0 N–H and O–H groups in total. The molecule has 0 unspecified atom stereocenters. The summed E-state index contributed by atoms with van der Waals surface area (Å²) >= 11 is 6.02. The highest BCUT2D eigenvalue weighted by Gasteiger charge is 2.18. The van der Waals surface area contributed by atoms with Gasteiger partial charge >= 0.3 is 0 Å². The molecule has 0 spiro atoms. The number of halogens is 1. The lowest BCUT2D eigenvalue weighted by Gasteiger charge is -2.21. The van der Waals surface area contributed by atoms with E-state index < -0.39 is 0 Å². The van der Waals surface area contributed by atoms with Crippen LogP contribution in [0.1, 0.15) is 39.0 Å². The van der Waals surface area contributed by atoms with Gasteiger partial charge in [-0.3, -0.25) is 0 Å². The molecule has 0 aliphatic heterocycles. The van der Waals surface area contributed by atoms with Crippen LogP contribution in [0.25, 0.3) is 11.1 Å². The predicted molar refractivity (Wildman–Crippen MR) is 89.3 cm³/mol. The van der Waals surface area contributed by atoms with Crippen LogP contribution in [-0.4, -0.2) is 12.1 Å². The molecule has 0 aliphatic carbocycles. The average Bonchev–Trinajstić information content (AvgIpc) is 2.45. The summed E-state index contributed by atoms with van der Waals surface area (Å²) in [4.78, 5) is 4.45. The summed E-state index contributed by atoms with van der Waals surface area (Å²) in [6, 6.07) is 10.2. The Morgan fingerprint density at radius 3 is 2.38 bits per heavy atom. The summed E-state index contributed by atoms with van der Waals surface area (Å²) in [5, 5.41) is 0.529. The molecule has 0 saturated heterocycles. The van der Waals surface area contributed by atoms with E-state index in [1.54, 1.807) is 7.11 Å². The molecule has 2 nitrogen and oxygen atoms in total. The Morgan fingerprint density at radius 1 is 1.10 bits per heavy atom. The predicted octanol–water partition coefficient (Wildman–Crippen LogP) is 5.27. The molecule has 0 bridgehead atoms. The second-order valence-electron chi connectivity index (χ2n) is 6.15. The van der Waals surface area contributed by atoms with Crippen molar-refractivity contribution in [2.45, 2.75) is 39.5 Å². The third-order valence-electron chi connectivity index (χ3n) is 3.63. The van der Waals surface area contributed by atoms with Crippen molar-refractivity contribution in [1.82, 2.24) is 4.98 Å². The van der Waals surface area contributed by atoms with Crippen molar-refractivity contribution in [3.63, 3.8) is 0 Å². The van der Waals surface area contributed by atoms with Crippen LogP contribution >= 0.6 is 11.6 Å². The van der Waals surface area contributed by atoms with E-state index in [0.29, 0.717) is 5.15 Å². The highest BCUT2D eigenvalue weighted by Crippen LogP contribution is 2.36. The first-order valence-electron chi connectivity index (χ1n) is 7.21. The first kappa shape index (κ1) is 15.8. The standard InChI is InChI=1S/C18H22ClNO/c1-6-15-13(8-10-17(19)20-15)14-11-12(18(2,3)4)7-9-16(14)21-5/h7-11H,6H2,1-5H3. The van der Waals surface area contributed by atoms with Crippen LogP contribution < -0.4 is 4.74 Å². The van der Waals surface area contributed by atoms with Gasteiger partial charge in [0.2, 0.25) is 0 Å². The number of hydrogen-bond donors (Lipinski definition) is 0. The van der Waals surface area contributed by atoms with Crippen molar-refractivity contribution in [2.24, 2.45) is 0 Å². The number of aryl methyl sites for hydroxylation is 1. The average molecular weight is 304 g/mol. The number of benzene rings is 1. The normalized spacial score (nSPS) is 11.5. The Morgan fingerprint density at radius 2 is 1.81 bits per heavy atom. The molecule has 21 heavy (non-hydrogen) atoms. The van der Waals surface area contributed by atoms with Gasteiger partial charge < -0.3 is 4.74 Å². The van der Waals surface area contributed by atoms with Crippen LogP contribution in [0, 0.1) is 0 Å². The molecule has 1 aromatic heterocycles. The van der Waals surface area contributed by atoms with E-state index in [2.05, 4.69) is 44.8 Å². The van der Waals surface area contributed by atoms with Crippen LogP contribution in [0.3, 0.4) is 0 Å². The molecule has 112 valence electrons. The molecule has 2 aromatic rings. The highest BCUT2D eigenvalue weighted by atomic mass is 35.5. The van der Waals surface area contributed by atoms with Crippen LogP contribution in [0.5, 0.6) is 5.75 Å². The van der Waals surface area contributed by atoms with Crippen molar-refractivity contribution in [3.05, 3.63) is 46.7 Å². The van der Waals surface area contributed by atoms with E-state index in [4.69, 9.17) is 16.3 Å². The molecule has 3 heteroatoms. The van der Waals surface area contributed by atoms with Crippen LogP contribution in [-0.2, 0) is 11.8 Å². The molecular formula is C18H22ClNO. The lowest BCUT2D eigenvalue weighted by atomic mass is 9.85. The number of ether oxygens (including phenoxy) is 1. The minimum Gasteiger partial charge on any atom is -0.496 e. The maximum Gasteiger partial charge on any atom is 0.129 e. The third kappa shape index (κ3) is 3.38. The minimum absolute atomic E-state index is 0.0905. The largest absolute Gasteiger partial charge is 0.496 e. The van der Waals surface area contributed by atoms with Gasteiger partial charge in [0.15, 0.2) is 0 Å². The van der Waals surface area contributed by atoms with Crippen LogP contribution in [0.2, 0.25) is 5.15 Å². The van der Waals surface area contributed by atoms with Crippen molar-refractivity contribution < 1.29 is 4.74 Å². The fourth-order valence-electron chi connectivity index (χ4n) is 2.37. The molecule has 1 aromatic carbocycles. The molecule has 1 heterocycles. The van der Waals surface area contributed by atoms with Crippen molar-refractivity contribution >= 4 is 11.6 Å². The molecule has 0 fully saturated rings. The monoisotopic (exact) mass is 303 g/mol. The molecule has 0 atom stereocenters. The smallest absolute Gasteiger partial charge is 0.129 e. The Hall–Kier alpha value is -1.54. The zero-order valence-electron chi connectivity index (χ0n) is 13.3. The number of pyridine rings is 1. The van der Waals surface area contributed by atoms with Gasteiger partial charge in [0.1, 0.15) is 10.9 Å². The Bertz CT molecular complexity index is 644. The van der Waals surface area contributed by atoms with Gasteiger partial charge in [-0.15, -0.1) is 0 Å². The van der Waals surface area contributed by atoms with Crippen molar-refractivity contribution in [2.75, 3.05) is 7.11 Å². The van der Waals surface area contributed by atoms with Gasteiger partial charge in [0.05, 0.1) is 7.11 Å². The molecule has 0 amide bonds. The fraction of sp³-hybridized carbons (Fsp3) is 0.389. The SMILES string of the molecule is CCc1nc(Cl)ccc1-c1cc(C(C)(C)C)ccc1OC. The van der Waals surface area contributed by atoms with Gasteiger partial charge in [-0.05, 0) is 41.7 Å². The summed E-state index contributed by atoms with van der Waals surface area (Å²) in [5.41, 5.74) is 4.52. The maximum atomic E-state index is 6.02. The third-order valence-corrected chi connectivity index (χ3v) is 3.84. The maximum absolute atomic E-state index is 6.02. The van der Waals surface area contributed by atoms with Crippen LogP contribution in [0.4, 0.5) is 0 Å². The van der Waals surface area contributed by atoms with Gasteiger partial charge in [-0.25, -0.2) is 4.98 Å². The minimum atomic E-state index is 0.0905. The molecule has 0 radical (unpaired) electrons. The second-order valence-corrected chi connectivity index (χ2v) is 6.53. The number of methoxy groups -OCH3 is 1. The first-order valence-corrected chi connectivity index (χ1v) is 7.59. The van der Waals surface area contributed by atoms with Gasteiger partial charge in [-0.2, -0.15) is 0 Å². The number of aromatic nitrogens is 1. The number of rotatable bonds is 3. The summed E-state index contributed by atoms with van der Waals surface area (Å²) in [7, 11) is 1.70. The zero-order chi connectivity index (χ0) is 15.6. The second kappa shape index (κ2) is 6.07. The Labute approximate surface area is 132 Å². The summed E-state index contributed by atoms with van der Waals surface area (Å²) in [5.74, 6) is 0.863. The van der Waals surface area contributed by atoms with Gasteiger partial charge in [-0.1, -0.05) is 45.4 Å². The fourth-order valence-corrected chi connectivity index (χ4v) is 2.54. The number of hydrogen-bond acceptors (Lipinski definition) is 2. The summed E-state index contributed by atoms with van der Waals surface area (Å²) < 4.78 is 5.54. The van der Waals surface area contributed by atoms with Crippen LogP contribution in [0.15, 0.2) is 30.3 Å². The molecule has 2 rings (SSSR count). The summed E-state index contributed by atoms with van der Waals surface area (Å²) in [6.07, 6.45) is 0.832. The van der Waals surface area contributed by atoms with Gasteiger partial charge in [0, 0.05) is 16.8 Å².